The molecule has 8 heteroatoms. The minimum atomic E-state index is -0.591. The van der Waals surface area contributed by atoms with Crippen LogP contribution in [0.1, 0.15) is 32.6 Å². The second-order valence-electron chi connectivity index (χ2n) is 8.05. The number of hydrogen-bond acceptors (Lipinski definition) is 4. The van der Waals surface area contributed by atoms with Crippen molar-refractivity contribution in [2.75, 3.05) is 13.2 Å². The highest BCUT2D eigenvalue weighted by Crippen LogP contribution is 2.60. The fourth-order valence-corrected chi connectivity index (χ4v) is 4.58. The van der Waals surface area contributed by atoms with E-state index in [1.54, 1.807) is 0 Å². The van der Waals surface area contributed by atoms with Crippen LogP contribution in [0.2, 0.25) is 5.02 Å². The van der Waals surface area contributed by atoms with E-state index in [0.717, 1.165) is 12.5 Å². The highest BCUT2D eigenvalue weighted by atomic mass is 35.5. The first-order valence-corrected chi connectivity index (χ1v) is 9.50. The van der Waals surface area contributed by atoms with Gasteiger partial charge in [-0.25, -0.2) is 4.39 Å². The molecule has 1 saturated heterocycles. The van der Waals surface area contributed by atoms with Crippen molar-refractivity contribution in [2.24, 2.45) is 5.92 Å². The molecule has 0 spiro atoms. The zero-order chi connectivity index (χ0) is 19.2. The summed E-state index contributed by atoms with van der Waals surface area (Å²) < 4.78 is 24.2. The number of ether oxygens (including phenoxy) is 2. The van der Waals surface area contributed by atoms with Gasteiger partial charge in [-0.15, -0.1) is 0 Å². The maximum atomic E-state index is 13.4. The largest absolute Gasteiger partial charge is 0.484 e. The molecule has 3 aliphatic carbocycles. The summed E-state index contributed by atoms with van der Waals surface area (Å²) in [5.41, 5.74) is -0.475. The van der Waals surface area contributed by atoms with Crippen LogP contribution in [0, 0.1) is 11.7 Å². The summed E-state index contributed by atoms with van der Waals surface area (Å²) in [4.78, 5) is 24.5. The van der Waals surface area contributed by atoms with E-state index in [2.05, 4.69) is 10.6 Å². The Labute approximate surface area is 161 Å². The van der Waals surface area contributed by atoms with E-state index in [1.807, 2.05) is 6.92 Å². The van der Waals surface area contributed by atoms with Gasteiger partial charge in [0.25, 0.3) is 5.91 Å². The third-order valence-electron chi connectivity index (χ3n) is 5.73. The Bertz CT molecular complexity index is 767. The smallest absolute Gasteiger partial charge is 0.258 e. The van der Waals surface area contributed by atoms with Gasteiger partial charge in [0.05, 0.1) is 5.02 Å². The second kappa shape index (κ2) is 6.63. The highest BCUT2D eigenvalue weighted by Gasteiger charge is 2.69. The van der Waals surface area contributed by atoms with Gasteiger partial charge >= 0.3 is 0 Å². The Morgan fingerprint density at radius 3 is 2.63 bits per heavy atom. The number of amides is 2. The maximum absolute atomic E-state index is 13.4. The summed E-state index contributed by atoms with van der Waals surface area (Å²) >= 11 is 5.61. The van der Waals surface area contributed by atoms with E-state index in [1.165, 1.54) is 12.1 Å². The molecule has 146 valence electrons. The molecule has 0 radical (unpaired) electrons. The van der Waals surface area contributed by atoms with E-state index < -0.39 is 5.82 Å². The van der Waals surface area contributed by atoms with Crippen LogP contribution in [0.5, 0.6) is 5.75 Å². The van der Waals surface area contributed by atoms with Gasteiger partial charge in [-0.3, -0.25) is 9.59 Å². The molecule has 4 aliphatic rings. The minimum Gasteiger partial charge on any atom is -0.484 e. The highest BCUT2D eigenvalue weighted by molar-refractivity contribution is 6.30. The molecule has 1 aliphatic heterocycles. The first kappa shape index (κ1) is 18.5. The van der Waals surface area contributed by atoms with Crippen LogP contribution >= 0.6 is 11.6 Å². The quantitative estimate of drug-likeness (QED) is 0.772. The van der Waals surface area contributed by atoms with Gasteiger partial charge in [-0.05, 0) is 43.7 Å². The van der Waals surface area contributed by atoms with E-state index in [0.29, 0.717) is 25.9 Å². The predicted molar refractivity (Wildman–Crippen MR) is 96.0 cm³/mol. The number of halogens is 2. The first-order valence-electron chi connectivity index (χ1n) is 9.12. The first-order chi connectivity index (χ1) is 12.8. The summed E-state index contributed by atoms with van der Waals surface area (Å²) in [7, 11) is 0. The van der Waals surface area contributed by atoms with Crippen molar-refractivity contribution >= 4 is 23.4 Å². The molecular weight excluding hydrogens is 375 g/mol. The Balaban J connectivity index is 1.21. The van der Waals surface area contributed by atoms with E-state index in [4.69, 9.17) is 21.1 Å². The molecule has 1 heterocycles. The number of carbonyl (C=O) groups is 2. The molecule has 2 amide bonds. The summed E-state index contributed by atoms with van der Waals surface area (Å²) in [6.45, 7) is 2.45. The number of carbonyl (C=O) groups excluding carboxylic acids is 2. The fraction of sp³-hybridized carbons (Fsp3) is 0.579. The molecule has 4 fully saturated rings. The van der Waals surface area contributed by atoms with Crippen LogP contribution in [0.3, 0.4) is 0 Å². The average Bonchev–Trinajstić information content (AvgIpc) is 2.99. The lowest BCUT2D eigenvalue weighted by Crippen LogP contribution is -2.84. The predicted octanol–water partition coefficient (Wildman–Crippen LogP) is 2.19. The maximum Gasteiger partial charge on any atom is 0.258 e. The van der Waals surface area contributed by atoms with Crippen LogP contribution < -0.4 is 15.4 Å². The van der Waals surface area contributed by atoms with Crippen LogP contribution in [-0.4, -0.2) is 42.2 Å². The topological polar surface area (TPSA) is 76.7 Å². The Morgan fingerprint density at radius 1 is 1.30 bits per heavy atom. The molecule has 2 atom stereocenters. The van der Waals surface area contributed by atoms with E-state index in [9.17, 15) is 14.0 Å². The average molecular weight is 397 g/mol. The van der Waals surface area contributed by atoms with Gasteiger partial charge in [0, 0.05) is 23.8 Å². The summed E-state index contributed by atoms with van der Waals surface area (Å²) in [6, 6.07) is 4.04. The Hall–Kier alpha value is -1.86. The molecule has 1 aromatic rings. The molecular formula is C19H22ClFN2O4. The van der Waals surface area contributed by atoms with Crippen LogP contribution in [-0.2, 0) is 14.3 Å². The van der Waals surface area contributed by atoms with Crippen molar-refractivity contribution in [3.8, 4) is 5.75 Å². The van der Waals surface area contributed by atoms with Crippen molar-refractivity contribution in [3.63, 3.8) is 0 Å². The summed E-state index contributed by atoms with van der Waals surface area (Å²) in [5.74, 6) is -0.419. The molecule has 5 rings (SSSR count). The standard InChI is InChI=1S/C19H22ClFN2O4/c1-11-4-5-26-16(11)17(25)23-19-8-18(9-19,10-19)22-15(24)7-27-12-2-3-13(20)14(21)6-12/h2-3,6,11,16H,4-5,7-10H2,1H3,(H,22,24)(H,23,25). The minimum absolute atomic E-state index is 0.00501. The third-order valence-corrected chi connectivity index (χ3v) is 6.04. The zero-order valence-electron chi connectivity index (χ0n) is 15.0. The van der Waals surface area contributed by atoms with Crippen molar-refractivity contribution in [1.82, 2.24) is 10.6 Å². The SMILES string of the molecule is CC1CCOC1C(=O)NC12CC(NC(=O)COc3ccc(Cl)c(F)c3)(C1)C2. The number of hydrogen-bond donors (Lipinski definition) is 2. The summed E-state index contributed by atoms with van der Waals surface area (Å²) in [5, 5.41) is 6.07. The molecule has 2 N–H and O–H groups in total. The zero-order valence-corrected chi connectivity index (χ0v) is 15.8. The third kappa shape index (κ3) is 3.50. The molecule has 27 heavy (non-hydrogen) atoms. The molecule has 6 nitrogen and oxygen atoms in total. The van der Waals surface area contributed by atoms with Crippen LogP contribution in [0.15, 0.2) is 18.2 Å². The summed E-state index contributed by atoms with van der Waals surface area (Å²) in [6.07, 6.45) is 2.69. The lowest BCUT2D eigenvalue weighted by atomic mass is 9.44. The number of benzene rings is 1. The van der Waals surface area contributed by atoms with Gasteiger partial charge < -0.3 is 20.1 Å². The lowest BCUT2D eigenvalue weighted by molar-refractivity contribution is -0.155. The fourth-order valence-electron chi connectivity index (χ4n) is 4.46. The van der Waals surface area contributed by atoms with Crippen molar-refractivity contribution in [2.45, 2.75) is 49.8 Å². The Kier molecular flexibility index (Phi) is 4.55. The molecule has 1 aromatic carbocycles. The second-order valence-corrected chi connectivity index (χ2v) is 8.46. The lowest BCUT2D eigenvalue weighted by Gasteiger charge is -2.70. The van der Waals surface area contributed by atoms with E-state index in [-0.39, 0.29) is 52.3 Å². The van der Waals surface area contributed by atoms with E-state index >= 15 is 0 Å². The van der Waals surface area contributed by atoms with Gasteiger partial charge in [-0.1, -0.05) is 18.5 Å². The Morgan fingerprint density at radius 2 is 2.00 bits per heavy atom. The van der Waals surface area contributed by atoms with Crippen molar-refractivity contribution < 1.29 is 23.5 Å². The molecule has 2 bridgehead atoms. The van der Waals surface area contributed by atoms with Gasteiger partial charge in [-0.2, -0.15) is 0 Å². The van der Waals surface area contributed by atoms with Crippen molar-refractivity contribution in [1.29, 1.82) is 0 Å². The van der Waals surface area contributed by atoms with Crippen LogP contribution in [0.25, 0.3) is 0 Å². The van der Waals surface area contributed by atoms with Crippen molar-refractivity contribution in [3.05, 3.63) is 29.0 Å². The molecule has 3 saturated carbocycles. The van der Waals surface area contributed by atoms with Gasteiger partial charge in [0.2, 0.25) is 5.91 Å². The molecule has 2 unspecified atom stereocenters. The number of rotatable bonds is 6. The van der Waals surface area contributed by atoms with Gasteiger partial charge in [0.15, 0.2) is 6.61 Å². The monoisotopic (exact) mass is 396 g/mol. The van der Waals surface area contributed by atoms with Gasteiger partial charge in [0.1, 0.15) is 17.7 Å². The van der Waals surface area contributed by atoms with Crippen LogP contribution in [0.4, 0.5) is 4.39 Å². The number of nitrogens with one attached hydrogen (secondary N) is 2. The normalized spacial score (nSPS) is 33.6. The molecule has 0 aromatic heterocycles.